The Kier molecular flexibility index (Phi) is 7.31. The molecule has 5 heterocycles. The van der Waals surface area contributed by atoms with E-state index in [-0.39, 0.29) is 17.8 Å². The number of halogens is 1. The minimum absolute atomic E-state index is 0.0170. The molecule has 1 aliphatic carbocycles. The van der Waals surface area contributed by atoms with Gasteiger partial charge in [-0.05, 0) is 56.6 Å². The smallest absolute Gasteiger partial charge is 0.355 e. The van der Waals surface area contributed by atoms with Crippen LogP contribution in [0.15, 0.2) is 33.8 Å². The van der Waals surface area contributed by atoms with Gasteiger partial charge in [-0.15, -0.1) is 0 Å². The molecule has 1 amide bonds. The molecule has 1 atom stereocenters. The number of nitrogens with zero attached hydrogens (tertiary/aromatic N) is 6. The van der Waals surface area contributed by atoms with Crippen molar-refractivity contribution in [3.05, 3.63) is 40.1 Å². The fourth-order valence-corrected chi connectivity index (χ4v) is 6.26. The summed E-state index contributed by atoms with van der Waals surface area (Å²) in [6, 6.07) is 3.33. The molecule has 0 bridgehead atoms. The van der Waals surface area contributed by atoms with E-state index in [0.29, 0.717) is 34.4 Å². The number of pyridine rings is 2. The van der Waals surface area contributed by atoms with E-state index in [1.165, 1.54) is 12.8 Å². The number of imidazole rings is 1. The molecule has 12 heteroatoms. The van der Waals surface area contributed by atoms with E-state index in [0.717, 1.165) is 61.7 Å². The van der Waals surface area contributed by atoms with E-state index < -0.39 is 5.76 Å². The monoisotopic (exact) mass is 564 g/mol. The minimum atomic E-state index is -0.664. The van der Waals surface area contributed by atoms with Gasteiger partial charge in [0.1, 0.15) is 11.7 Å². The van der Waals surface area contributed by atoms with Crippen molar-refractivity contribution in [1.82, 2.24) is 35.0 Å². The second kappa shape index (κ2) is 11.0. The lowest BCUT2D eigenvalue weighted by atomic mass is 9.83. The number of aromatic amines is 1. The predicted molar refractivity (Wildman–Crippen MR) is 152 cm³/mol. The highest BCUT2D eigenvalue weighted by Gasteiger charge is 2.35. The van der Waals surface area contributed by atoms with E-state index in [2.05, 4.69) is 36.8 Å². The second-order valence-electron chi connectivity index (χ2n) is 11.0. The molecule has 0 radical (unpaired) electrons. The normalized spacial score (nSPS) is 21.3. The van der Waals surface area contributed by atoms with Crippen LogP contribution in [-0.4, -0.2) is 54.7 Å². The number of nitrogens with one attached hydrogen (secondary N) is 2. The van der Waals surface area contributed by atoms with Crippen LogP contribution in [-0.2, 0) is 11.3 Å². The van der Waals surface area contributed by atoms with E-state index in [4.69, 9.17) is 26.1 Å². The zero-order chi connectivity index (χ0) is 27.8. The van der Waals surface area contributed by atoms with Crippen LogP contribution in [0.25, 0.3) is 33.8 Å². The molecule has 0 spiro atoms. The van der Waals surface area contributed by atoms with Gasteiger partial charge >= 0.3 is 5.76 Å². The van der Waals surface area contributed by atoms with Gasteiger partial charge in [-0.2, -0.15) is 0 Å². The average Bonchev–Trinajstić information content (AvgIpc) is 3.68. The number of likely N-dealkylation sites (N-methyl/N-ethyl adjacent to an activating group) is 1. The highest BCUT2D eigenvalue weighted by molar-refractivity contribution is 6.30. The maximum Gasteiger partial charge on any atom is 0.439 e. The van der Waals surface area contributed by atoms with Crippen molar-refractivity contribution in [2.75, 3.05) is 18.0 Å². The highest BCUT2D eigenvalue weighted by Crippen LogP contribution is 2.38. The molecule has 0 aromatic carbocycles. The van der Waals surface area contributed by atoms with Crippen LogP contribution < -0.4 is 16.0 Å². The molecule has 1 aliphatic heterocycles. The Bertz CT molecular complexity index is 1590. The number of anilines is 1. The number of hydrogen-bond donors (Lipinski definition) is 2. The van der Waals surface area contributed by atoms with Gasteiger partial charge in [0.2, 0.25) is 17.7 Å². The van der Waals surface area contributed by atoms with Gasteiger partial charge in [-0.1, -0.05) is 36.5 Å². The van der Waals surface area contributed by atoms with Crippen LogP contribution in [0, 0.1) is 11.8 Å². The molecule has 2 aliphatic rings. The molecule has 0 unspecified atom stereocenters. The van der Waals surface area contributed by atoms with Crippen LogP contribution >= 0.6 is 11.6 Å². The Morgan fingerprint density at radius 1 is 1.18 bits per heavy atom. The SMILES string of the molecule is CCNC(=O)[C@@H]1CCCN1c1nc2cc(-c3noc(=O)[nH]3)nc(-c3cncc(Cl)c3)c2n1CC1CCC(C)CC1. The lowest BCUT2D eigenvalue weighted by Crippen LogP contribution is -2.44. The minimum Gasteiger partial charge on any atom is -0.355 e. The van der Waals surface area contributed by atoms with Crippen LogP contribution in [0.4, 0.5) is 5.95 Å². The molecular formula is C28H33ClN8O3. The molecule has 1 saturated heterocycles. The summed E-state index contributed by atoms with van der Waals surface area (Å²) in [4.78, 5) is 43.9. The summed E-state index contributed by atoms with van der Waals surface area (Å²) < 4.78 is 7.01. The van der Waals surface area contributed by atoms with Gasteiger partial charge in [0, 0.05) is 37.6 Å². The summed E-state index contributed by atoms with van der Waals surface area (Å²) in [7, 11) is 0. The Labute approximate surface area is 236 Å². The zero-order valence-electron chi connectivity index (χ0n) is 22.7. The summed E-state index contributed by atoms with van der Waals surface area (Å²) in [6.07, 6.45) is 9.64. The standard InChI is InChI=1S/C28H33ClN8O3/c1-3-31-26(38)22-5-4-10-36(22)27-33-20-12-21(25-34-28(39)40-35-25)32-23(18-11-19(29)14-30-13-18)24(20)37(27)15-17-8-6-16(2)7-9-17/h11-14,16-17,22H,3-10,15H2,1-2H3,(H,31,38)(H,34,35,39)/t16?,17?,22-/m0/s1. The Balaban J connectivity index is 1.56. The first-order chi connectivity index (χ1) is 19.4. The van der Waals surface area contributed by atoms with Gasteiger partial charge in [-0.25, -0.2) is 14.8 Å². The first-order valence-electron chi connectivity index (χ1n) is 14.0. The highest BCUT2D eigenvalue weighted by atomic mass is 35.5. The maximum absolute atomic E-state index is 13.1. The largest absolute Gasteiger partial charge is 0.439 e. The number of carbonyl (C=O) groups is 1. The molecule has 4 aromatic heterocycles. The van der Waals surface area contributed by atoms with Crippen LogP contribution in [0.1, 0.15) is 52.4 Å². The number of aromatic nitrogens is 6. The van der Waals surface area contributed by atoms with Crippen molar-refractivity contribution >= 4 is 34.5 Å². The first-order valence-corrected chi connectivity index (χ1v) is 14.4. The van der Waals surface area contributed by atoms with Crippen molar-refractivity contribution in [2.45, 2.75) is 65.0 Å². The number of hydrogen-bond acceptors (Lipinski definition) is 8. The quantitative estimate of drug-likeness (QED) is 0.337. The van der Waals surface area contributed by atoms with Crippen molar-refractivity contribution < 1.29 is 9.32 Å². The van der Waals surface area contributed by atoms with E-state index in [1.807, 2.05) is 19.1 Å². The number of rotatable bonds is 7. The third-order valence-electron chi connectivity index (χ3n) is 8.11. The molecule has 40 heavy (non-hydrogen) atoms. The van der Waals surface area contributed by atoms with E-state index >= 15 is 0 Å². The van der Waals surface area contributed by atoms with Gasteiger partial charge < -0.3 is 14.8 Å². The molecule has 2 N–H and O–H groups in total. The van der Waals surface area contributed by atoms with Gasteiger partial charge in [0.15, 0.2) is 0 Å². The average molecular weight is 565 g/mol. The first kappa shape index (κ1) is 26.5. The summed E-state index contributed by atoms with van der Waals surface area (Å²) in [6.45, 7) is 6.33. The summed E-state index contributed by atoms with van der Waals surface area (Å²) >= 11 is 6.37. The number of amides is 1. The van der Waals surface area contributed by atoms with Gasteiger partial charge in [0.05, 0.1) is 21.7 Å². The van der Waals surface area contributed by atoms with Gasteiger partial charge in [0.25, 0.3) is 0 Å². The summed E-state index contributed by atoms with van der Waals surface area (Å²) in [5, 5.41) is 7.34. The molecule has 11 nitrogen and oxygen atoms in total. The van der Waals surface area contributed by atoms with Gasteiger partial charge in [-0.3, -0.25) is 19.3 Å². The summed E-state index contributed by atoms with van der Waals surface area (Å²) in [5.41, 5.74) is 3.29. The maximum atomic E-state index is 13.1. The van der Waals surface area contributed by atoms with Crippen LogP contribution in [0.5, 0.6) is 0 Å². The Morgan fingerprint density at radius 2 is 2.00 bits per heavy atom. The van der Waals surface area contributed by atoms with Crippen LogP contribution in [0.3, 0.4) is 0 Å². The fourth-order valence-electron chi connectivity index (χ4n) is 6.08. The van der Waals surface area contributed by atoms with Crippen LogP contribution in [0.2, 0.25) is 5.02 Å². The molecule has 210 valence electrons. The number of carbonyl (C=O) groups excluding carboxylic acids is 1. The van der Waals surface area contributed by atoms with E-state index in [9.17, 15) is 9.59 Å². The molecule has 1 saturated carbocycles. The third-order valence-corrected chi connectivity index (χ3v) is 8.31. The van der Waals surface area contributed by atoms with Crippen molar-refractivity contribution in [3.63, 3.8) is 0 Å². The number of fused-ring (bicyclic) bond motifs is 1. The lowest BCUT2D eigenvalue weighted by Gasteiger charge is -2.30. The molecule has 4 aromatic rings. The number of H-pyrrole nitrogens is 1. The van der Waals surface area contributed by atoms with Crippen molar-refractivity contribution in [1.29, 1.82) is 0 Å². The molecule has 6 rings (SSSR count). The fraction of sp³-hybridized carbons (Fsp3) is 0.500. The Morgan fingerprint density at radius 3 is 2.73 bits per heavy atom. The zero-order valence-corrected chi connectivity index (χ0v) is 23.4. The predicted octanol–water partition coefficient (Wildman–Crippen LogP) is 4.42. The van der Waals surface area contributed by atoms with Crippen molar-refractivity contribution in [2.24, 2.45) is 11.8 Å². The third kappa shape index (κ3) is 5.10. The molecule has 2 fully saturated rings. The molecular weight excluding hydrogens is 532 g/mol. The second-order valence-corrected chi connectivity index (χ2v) is 11.4. The topological polar surface area (TPSA) is 135 Å². The van der Waals surface area contributed by atoms with Crippen molar-refractivity contribution in [3.8, 4) is 22.8 Å². The Hall–Kier alpha value is -3.73. The lowest BCUT2D eigenvalue weighted by molar-refractivity contribution is -0.122. The summed E-state index contributed by atoms with van der Waals surface area (Å²) in [5.74, 6) is 1.53. The van der Waals surface area contributed by atoms with E-state index in [1.54, 1.807) is 12.4 Å².